The van der Waals surface area contributed by atoms with Crippen molar-refractivity contribution < 1.29 is 4.79 Å². The van der Waals surface area contributed by atoms with Gasteiger partial charge in [-0.3, -0.25) is 14.7 Å². The van der Waals surface area contributed by atoms with Gasteiger partial charge in [0.15, 0.2) is 0 Å². The summed E-state index contributed by atoms with van der Waals surface area (Å²) in [5.74, 6) is 0.147. The van der Waals surface area contributed by atoms with Gasteiger partial charge in [0.1, 0.15) is 0 Å². The molecule has 2 N–H and O–H groups in total. The van der Waals surface area contributed by atoms with Crippen LogP contribution < -0.4 is 5.73 Å². The van der Waals surface area contributed by atoms with Gasteiger partial charge in [0.2, 0.25) is 5.91 Å². The lowest BCUT2D eigenvalue weighted by Crippen LogP contribution is -2.35. The average molecular weight is 442 g/mol. The van der Waals surface area contributed by atoms with E-state index in [-0.39, 0.29) is 5.91 Å². The zero-order valence-electron chi connectivity index (χ0n) is 20.1. The van der Waals surface area contributed by atoms with E-state index in [1.165, 1.54) is 23.1 Å². The van der Waals surface area contributed by atoms with Crippen LogP contribution >= 0.6 is 0 Å². The Kier molecular flexibility index (Phi) is 7.24. The van der Waals surface area contributed by atoms with Gasteiger partial charge >= 0.3 is 0 Å². The van der Waals surface area contributed by atoms with E-state index in [4.69, 9.17) is 10.7 Å². The smallest absolute Gasteiger partial charge is 0.249 e. The predicted octanol–water partition coefficient (Wildman–Crippen LogP) is 5.66. The fourth-order valence-electron chi connectivity index (χ4n) is 5.24. The topological polar surface area (TPSA) is 59.2 Å². The number of likely N-dealkylation sites (tertiary alicyclic amines) is 1. The molecule has 33 heavy (non-hydrogen) atoms. The maximum absolute atomic E-state index is 12.6. The van der Waals surface area contributed by atoms with Crippen molar-refractivity contribution in [1.29, 1.82) is 0 Å². The number of rotatable bonds is 7. The first-order chi connectivity index (χ1) is 16.0. The molecule has 1 aliphatic rings. The molecule has 0 aliphatic carbocycles. The quantitative estimate of drug-likeness (QED) is 0.515. The van der Waals surface area contributed by atoms with Crippen LogP contribution in [0.1, 0.15) is 70.9 Å². The lowest BCUT2D eigenvalue weighted by molar-refractivity contribution is 0.0997. The number of nitrogens with two attached hydrogens (primary N) is 1. The largest absolute Gasteiger partial charge is 0.366 e. The molecule has 1 amide bonds. The van der Waals surface area contributed by atoms with Crippen LogP contribution in [0.5, 0.6) is 0 Å². The Morgan fingerprint density at radius 2 is 1.76 bits per heavy atom. The molecule has 3 aromatic rings. The molecule has 4 heteroatoms. The van der Waals surface area contributed by atoms with Gasteiger partial charge in [0.25, 0.3) is 0 Å². The molecule has 1 aromatic heterocycles. The van der Waals surface area contributed by atoms with Crippen LogP contribution in [0, 0.1) is 6.92 Å². The zero-order valence-corrected chi connectivity index (χ0v) is 20.1. The van der Waals surface area contributed by atoms with E-state index >= 15 is 0 Å². The van der Waals surface area contributed by atoms with Crippen LogP contribution in [0.25, 0.3) is 11.3 Å². The molecule has 1 unspecified atom stereocenters. The first-order valence-electron chi connectivity index (χ1n) is 12.2. The van der Waals surface area contributed by atoms with E-state index < -0.39 is 0 Å². The minimum absolute atomic E-state index is 0.375. The van der Waals surface area contributed by atoms with Crippen molar-refractivity contribution in [3.05, 3.63) is 88.1 Å². The number of benzene rings is 2. The third-order valence-corrected chi connectivity index (χ3v) is 7.01. The molecular weight excluding hydrogens is 406 g/mol. The fraction of sp³-hybridized carbons (Fsp3) is 0.379. The summed E-state index contributed by atoms with van der Waals surface area (Å²) >= 11 is 0. The number of pyridine rings is 1. The third-order valence-electron chi connectivity index (χ3n) is 7.01. The van der Waals surface area contributed by atoms with E-state index in [0.717, 1.165) is 54.9 Å². The van der Waals surface area contributed by atoms with Crippen molar-refractivity contribution in [1.82, 2.24) is 9.88 Å². The van der Waals surface area contributed by atoms with Gasteiger partial charge in [-0.1, -0.05) is 62.4 Å². The number of hydrogen-bond acceptors (Lipinski definition) is 3. The average Bonchev–Trinajstić information content (AvgIpc) is 2.85. The van der Waals surface area contributed by atoms with E-state index in [1.807, 2.05) is 13.0 Å². The summed E-state index contributed by atoms with van der Waals surface area (Å²) in [5.41, 5.74) is 14.3. The summed E-state index contributed by atoms with van der Waals surface area (Å²) < 4.78 is 0. The molecule has 172 valence electrons. The van der Waals surface area contributed by atoms with Crippen LogP contribution in [0.15, 0.2) is 54.6 Å². The number of hydrogen-bond donors (Lipinski definition) is 1. The van der Waals surface area contributed by atoms with Crippen molar-refractivity contribution in [2.75, 3.05) is 13.1 Å². The SMILES string of the molecule is CCc1cccc(CC)c1-c1cc(C(N)=O)c(CN2CCCC(c3ccccc3)C2)c(C)n1. The Labute approximate surface area is 197 Å². The van der Waals surface area contributed by atoms with Gasteiger partial charge in [-0.2, -0.15) is 0 Å². The van der Waals surface area contributed by atoms with E-state index in [9.17, 15) is 4.79 Å². The molecule has 1 atom stereocenters. The van der Waals surface area contributed by atoms with E-state index in [2.05, 4.69) is 67.3 Å². The van der Waals surface area contributed by atoms with Gasteiger partial charge < -0.3 is 5.73 Å². The highest BCUT2D eigenvalue weighted by atomic mass is 16.1. The second-order valence-electron chi connectivity index (χ2n) is 9.13. The van der Waals surface area contributed by atoms with Crippen LogP contribution in [0.4, 0.5) is 0 Å². The maximum atomic E-state index is 12.6. The van der Waals surface area contributed by atoms with Crippen LogP contribution in [-0.4, -0.2) is 28.9 Å². The van der Waals surface area contributed by atoms with Crippen LogP contribution in [0.3, 0.4) is 0 Å². The number of nitrogens with zero attached hydrogens (tertiary/aromatic N) is 2. The summed E-state index contributed by atoms with van der Waals surface area (Å²) in [7, 11) is 0. The molecule has 1 saturated heterocycles. The zero-order chi connectivity index (χ0) is 23.4. The Balaban J connectivity index is 1.67. The Bertz CT molecular complexity index is 1100. The molecule has 4 nitrogen and oxygen atoms in total. The first kappa shape index (κ1) is 23.2. The minimum Gasteiger partial charge on any atom is -0.366 e. The molecule has 0 spiro atoms. The molecule has 2 heterocycles. The van der Waals surface area contributed by atoms with Crippen LogP contribution in [0.2, 0.25) is 0 Å². The van der Waals surface area contributed by atoms with Crippen LogP contribution in [-0.2, 0) is 19.4 Å². The maximum Gasteiger partial charge on any atom is 0.249 e. The summed E-state index contributed by atoms with van der Waals surface area (Å²) in [4.78, 5) is 20.0. The van der Waals surface area contributed by atoms with Crippen molar-refractivity contribution in [2.45, 2.75) is 58.9 Å². The van der Waals surface area contributed by atoms with Crippen molar-refractivity contribution in [2.24, 2.45) is 5.73 Å². The fourth-order valence-corrected chi connectivity index (χ4v) is 5.24. The number of carbonyl (C=O) groups excluding carboxylic acids is 1. The van der Waals surface area contributed by atoms with E-state index in [0.29, 0.717) is 18.0 Å². The number of aromatic nitrogens is 1. The molecule has 1 fully saturated rings. The first-order valence-corrected chi connectivity index (χ1v) is 12.2. The molecule has 4 rings (SSSR count). The molecule has 0 radical (unpaired) electrons. The standard InChI is InChI=1S/C29H35N3O/c1-4-21-13-9-14-22(5-2)28(21)27-17-25(29(30)33)26(20(3)31-27)19-32-16-10-15-24(18-32)23-11-7-6-8-12-23/h6-9,11-14,17,24H,4-5,10,15-16,18-19H2,1-3H3,(H2,30,33). The number of piperidine rings is 1. The molecule has 0 saturated carbocycles. The normalized spacial score (nSPS) is 16.6. The Hall–Kier alpha value is -2.98. The molecule has 2 aromatic carbocycles. The van der Waals surface area contributed by atoms with Gasteiger partial charge in [0, 0.05) is 35.5 Å². The summed E-state index contributed by atoms with van der Waals surface area (Å²) in [6.07, 6.45) is 4.20. The highest BCUT2D eigenvalue weighted by Gasteiger charge is 2.24. The lowest BCUT2D eigenvalue weighted by atomic mass is 9.90. The Morgan fingerprint density at radius 1 is 1.06 bits per heavy atom. The minimum atomic E-state index is -0.375. The molecule has 1 aliphatic heterocycles. The monoisotopic (exact) mass is 441 g/mol. The van der Waals surface area contributed by atoms with Gasteiger partial charge in [-0.25, -0.2) is 0 Å². The number of amides is 1. The summed E-state index contributed by atoms with van der Waals surface area (Å²) in [6, 6.07) is 19.1. The van der Waals surface area contributed by atoms with Crippen molar-refractivity contribution >= 4 is 5.91 Å². The van der Waals surface area contributed by atoms with Gasteiger partial charge in [-0.15, -0.1) is 0 Å². The Morgan fingerprint density at radius 3 is 2.39 bits per heavy atom. The second-order valence-corrected chi connectivity index (χ2v) is 9.13. The van der Waals surface area contributed by atoms with Crippen molar-refractivity contribution in [3.8, 4) is 11.3 Å². The third kappa shape index (κ3) is 5.01. The number of aryl methyl sites for hydroxylation is 3. The van der Waals surface area contributed by atoms with Gasteiger partial charge in [0.05, 0.1) is 5.69 Å². The summed E-state index contributed by atoms with van der Waals surface area (Å²) in [6.45, 7) is 9.06. The van der Waals surface area contributed by atoms with E-state index in [1.54, 1.807) is 0 Å². The van der Waals surface area contributed by atoms with Crippen molar-refractivity contribution in [3.63, 3.8) is 0 Å². The molecular formula is C29H35N3O. The molecule has 0 bridgehead atoms. The number of carbonyl (C=O) groups is 1. The highest BCUT2D eigenvalue weighted by Crippen LogP contribution is 2.32. The predicted molar refractivity (Wildman–Crippen MR) is 135 cm³/mol. The van der Waals surface area contributed by atoms with Gasteiger partial charge in [-0.05, 0) is 67.8 Å². The summed E-state index contributed by atoms with van der Waals surface area (Å²) in [5, 5.41) is 0. The highest BCUT2D eigenvalue weighted by molar-refractivity contribution is 5.95. The lowest BCUT2D eigenvalue weighted by Gasteiger charge is -2.33. The number of primary amides is 1. The second kappa shape index (κ2) is 10.3.